The van der Waals surface area contributed by atoms with Gasteiger partial charge in [0.25, 0.3) is 0 Å². The Balaban J connectivity index is 2.97. The van der Waals surface area contributed by atoms with E-state index >= 15 is 0 Å². The maximum atomic E-state index is 11.8. The summed E-state index contributed by atoms with van der Waals surface area (Å²) in [5.74, 6) is -1.34. The van der Waals surface area contributed by atoms with E-state index in [1.165, 1.54) is 24.3 Å². The van der Waals surface area contributed by atoms with Gasteiger partial charge < -0.3 is 25.4 Å². The van der Waals surface area contributed by atoms with Crippen molar-refractivity contribution in [3.8, 4) is 5.75 Å². The fourth-order valence-corrected chi connectivity index (χ4v) is 1.80. The number of ether oxygens (including phenoxy) is 1. The molecular formula is C15H21NO6. The Hall–Kier alpha value is -2.28. The number of benzene rings is 1. The lowest BCUT2D eigenvalue weighted by Crippen LogP contribution is -2.59. The van der Waals surface area contributed by atoms with Crippen molar-refractivity contribution >= 4 is 12.1 Å². The molecule has 1 rings (SSSR count). The number of nitrogens with one attached hydrogen (secondary N) is 1. The first kappa shape index (κ1) is 17.8. The molecule has 1 unspecified atom stereocenters. The molecule has 0 aliphatic carbocycles. The van der Waals surface area contributed by atoms with E-state index in [-0.39, 0.29) is 12.2 Å². The summed E-state index contributed by atoms with van der Waals surface area (Å²) in [5.41, 5.74) is -2.16. The minimum atomic E-state index is -1.90. The van der Waals surface area contributed by atoms with Crippen LogP contribution in [0.15, 0.2) is 24.3 Å². The predicted octanol–water partition coefficient (Wildman–Crippen LogP) is 1.28. The third-order valence-electron chi connectivity index (χ3n) is 2.86. The van der Waals surface area contributed by atoms with Crippen LogP contribution in [0.5, 0.6) is 5.75 Å². The first-order chi connectivity index (χ1) is 10.1. The van der Waals surface area contributed by atoms with Crippen LogP contribution in [0.1, 0.15) is 26.3 Å². The number of alkyl carbamates (subject to hydrolysis) is 1. The quantitative estimate of drug-likeness (QED) is 0.651. The Kier molecular flexibility index (Phi) is 5.38. The number of hydrogen-bond acceptors (Lipinski definition) is 5. The predicted molar refractivity (Wildman–Crippen MR) is 78.6 cm³/mol. The molecule has 122 valence electrons. The summed E-state index contributed by atoms with van der Waals surface area (Å²) >= 11 is 0. The molecule has 0 aliphatic rings. The number of hydrogen-bond donors (Lipinski definition) is 4. The van der Waals surface area contributed by atoms with Crippen molar-refractivity contribution in [2.24, 2.45) is 0 Å². The van der Waals surface area contributed by atoms with Crippen LogP contribution in [-0.2, 0) is 16.0 Å². The highest BCUT2D eigenvalue weighted by Gasteiger charge is 2.41. The summed E-state index contributed by atoms with van der Waals surface area (Å²) in [6, 6.07) is 5.82. The molecule has 0 bridgehead atoms. The van der Waals surface area contributed by atoms with E-state index in [1.807, 2.05) is 0 Å². The van der Waals surface area contributed by atoms with E-state index in [0.29, 0.717) is 5.56 Å². The molecule has 0 aliphatic heterocycles. The fraction of sp³-hybridized carbons (Fsp3) is 0.467. The molecule has 0 saturated heterocycles. The number of amides is 1. The van der Waals surface area contributed by atoms with Gasteiger partial charge in [0.05, 0.1) is 6.61 Å². The van der Waals surface area contributed by atoms with Crippen LogP contribution in [0.4, 0.5) is 4.79 Å². The second-order valence-electron chi connectivity index (χ2n) is 6.02. The minimum absolute atomic E-state index is 0.0359. The number of phenolic OH excluding ortho intramolecular Hbond substituents is 1. The zero-order chi connectivity index (χ0) is 17.0. The van der Waals surface area contributed by atoms with Crippen LogP contribution in [0.25, 0.3) is 0 Å². The maximum absolute atomic E-state index is 11.8. The summed E-state index contributed by atoms with van der Waals surface area (Å²) in [6.07, 6.45) is -1.08. The van der Waals surface area contributed by atoms with Gasteiger partial charge in [-0.2, -0.15) is 0 Å². The third kappa shape index (κ3) is 4.92. The highest BCUT2D eigenvalue weighted by Crippen LogP contribution is 2.18. The molecule has 1 aromatic carbocycles. The van der Waals surface area contributed by atoms with E-state index in [0.717, 1.165) is 0 Å². The van der Waals surface area contributed by atoms with Crippen molar-refractivity contribution in [2.45, 2.75) is 38.3 Å². The van der Waals surface area contributed by atoms with Crippen molar-refractivity contribution in [3.05, 3.63) is 29.8 Å². The van der Waals surface area contributed by atoms with Gasteiger partial charge in [-0.3, -0.25) is 0 Å². The number of carbonyl (C=O) groups excluding carboxylic acids is 1. The third-order valence-corrected chi connectivity index (χ3v) is 2.86. The van der Waals surface area contributed by atoms with Gasteiger partial charge >= 0.3 is 12.1 Å². The van der Waals surface area contributed by atoms with Gasteiger partial charge in [-0.15, -0.1) is 0 Å². The number of carboxylic acid groups (broad SMARTS) is 1. The Labute approximate surface area is 128 Å². The zero-order valence-electron chi connectivity index (χ0n) is 12.8. The van der Waals surface area contributed by atoms with Crippen molar-refractivity contribution in [3.63, 3.8) is 0 Å². The summed E-state index contributed by atoms with van der Waals surface area (Å²) < 4.78 is 5.04. The number of rotatable bonds is 5. The van der Waals surface area contributed by atoms with Crippen molar-refractivity contribution in [1.82, 2.24) is 5.32 Å². The lowest BCUT2D eigenvalue weighted by Gasteiger charge is -2.30. The highest BCUT2D eigenvalue weighted by molar-refractivity contribution is 5.85. The normalized spacial score (nSPS) is 14.0. The molecule has 0 aromatic heterocycles. The fourth-order valence-electron chi connectivity index (χ4n) is 1.80. The van der Waals surface area contributed by atoms with Crippen molar-refractivity contribution in [1.29, 1.82) is 0 Å². The highest BCUT2D eigenvalue weighted by atomic mass is 16.6. The van der Waals surface area contributed by atoms with Gasteiger partial charge in [0.15, 0.2) is 5.54 Å². The molecule has 0 saturated carbocycles. The molecule has 7 heteroatoms. The number of carbonyl (C=O) groups is 2. The molecule has 22 heavy (non-hydrogen) atoms. The second-order valence-corrected chi connectivity index (χ2v) is 6.02. The summed E-state index contributed by atoms with van der Waals surface area (Å²) in [7, 11) is 0. The van der Waals surface area contributed by atoms with Crippen LogP contribution in [0.2, 0.25) is 0 Å². The van der Waals surface area contributed by atoms with Gasteiger partial charge in [0.2, 0.25) is 0 Å². The van der Waals surface area contributed by atoms with Gasteiger partial charge in [0, 0.05) is 6.42 Å². The molecule has 0 fully saturated rings. The minimum Gasteiger partial charge on any atom is -0.508 e. The SMILES string of the molecule is CC(C)(C)OC(=O)NC(CO)(Cc1ccc(O)cc1)C(=O)O. The number of aromatic hydroxyl groups is 1. The summed E-state index contributed by atoms with van der Waals surface area (Å²) in [5, 5.41) is 30.4. The number of aliphatic carboxylic acids is 1. The number of phenols is 1. The molecule has 1 atom stereocenters. The molecule has 0 heterocycles. The zero-order valence-corrected chi connectivity index (χ0v) is 12.8. The first-order valence-electron chi connectivity index (χ1n) is 6.71. The van der Waals surface area contributed by atoms with Gasteiger partial charge in [-0.05, 0) is 38.5 Å². The first-order valence-corrected chi connectivity index (χ1v) is 6.71. The van der Waals surface area contributed by atoms with Crippen molar-refractivity contribution < 1.29 is 29.6 Å². The summed E-state index contributed by atoms with van der Waals surface area (Å²) in [6.45, 7) is 4.14. The molecule has 4 N–H and O–H groups in total. The Morgan fingerprint density at radius 3 is 2.14 bits per heavy atom. The van der Waals surface area contributed by atoms with Crippen molar-refractivity contribution in [2.75, 3.05) is 6.61 Å². The smallest absolute Gasteiger partial charge is 0.408 e. The van der Waals surface area contributed by atoms with Gasteiger partial charge in [-0.25, -0.2) is 9.59 Å². The largest absolute Gasteiger partial charge is 0.508 e. The van der Waals surface area contributed by atoms with Crippen LogP contribution >= 0.6 is 0 Å². The molecule has 1 amide bonds. The molecule has 0 spiro atoms. The van der Waals surface area contributed by atoms with Gasteiger partial charge in [-0.1, -0.05) is 12.1 Å². The standard InChI is InChI=1S/C15H21NO6/c1-14(2,3)22-13(21)16-15(9-17,12(19)20)8-10-4-6-11(18)7-5-10/h4-7,17-18H,8-9H2,1-3H3,(H,16,21)(H,19,20). The maximum Gasteiger partial charge on any atom is 0.408 e. The van der Waals surface area contributed by atoms with E-state index in [4.69, 9.17) is 4.74 Å². The lowest BCUT2D eigenvalue weighted by molar-refractivity contribution is -0.146. The topological polar surface area (TPSA) is 116 Å². The van der Waals surface area contributed by atoms with E-state index in [9.17, 15) is 24.9 Å². The number of aliphatic hydroxyl groups is 1. The van der Waals surface area contributed by atoms with E-state index in [1.54, 1.807) is 20.8 Å². The van der Waals surface area contributed by atoms with Crippen LogP contribution in [-0.4, -0.2) is 45.1 Å². The molecular weight excluding hydrogens is 290 g/mol. The molecule has 1 aromatic rings. The second kappa shape index (κ2) is 6.65. The van der Waals surface area contributed by atoms with Crippen LogP contribution in [0.3, 0.4) is 0 Å². The number of aliphatic hydroxyl groups excluding tert-OH is 1. The lowest BCUT2D eigenvalue weighted by atomic mass is 9.91. The number of carboxylic acids is 1. The van der Waals surface area contributed by atoms with E-state index < -0.39 is 29.8 Å². The summed E-state index contributed by atoms with van der Waals surface area (Å²) in [4.78, 5) is 23.4. The van der Waals surface area contributed by atoms with Gasteiger partial charge in [0.1, 0.15) is 11.4 Å². The molecule has 7 nitrogen and oxygen atoms in total. The Morgan fingerprint density at radius 2 is 1.73 bits per heavy atom. The Morgan fingerprint density at radius 1 is 1.18 bits per heavy atom. The van der Waals surface area contributed by atoms with Crippen LogP contribution < -0.4 is 5.32 Å². The van der Waals surface area contributed by atoms with E-state index in [2.05, 4.69) is 5.32 Å². The molecule has 0 radical (unpaired) electrons. The van der Waals surface area contributed by atoms with Crippen LogP contribution in [0, 0.1) is 0 Å². The average Bonchev–Trinajstić information content (AvgIpc) is 2.38. The monoisotopic (exact) mass is 311 g/mol. The Bertz CT molecular complexity index is 534. The average molecular weight is 311 g/mol.